The van der Waals surface area contributed by atoms with Crippen molar-refractivity contribution in [3.63, 3.8) is 0 Å². The van der Waals surface area contributed by atoms with Crippen LogP contribution in [0, 0.1) is 5.92 Å². The number of amidine groups is 1. The van der Waals surface area contributed by atoms with Gasteiger partial charge in [-0.2, -0.15) is 0 Å². The van der Waals surface area contributed by atoms with Gasteiger partial charge >= 0.3 is 0 Å². The highest BCUT2D eigenvalue weighted by Crippen LogP contribution is 1.97. The standard InChI is InChI=1S/C6H14N2O/c1-5(2)6(7-9)8(3)4/h5,9H,1-4H3/b7-6-. The fourth-order valence-electron chi connectivity index (χ4n) is 0.721. The van der Waals surface area contributed by atoms with Crippen LogP contribution in [0.4, 0.5) is 0 Å². The topological polar surface area (TPSA) is 35.8 Å². The van der Waals surface area contributed by atoms with Gasteiger partial charge in [0.15, 0.2) is 0 Å². The minimum Gasteiger partial charge on any atom is -0.409 e. The summed E-state index contributed by atoms with van der Waals surface area (Å²) in [5.74, 6) is 0.986. The highest BCUT2D eigenvalue weighted by molar-refractivity contribution is 5.82. The van der Waals surface area contributed by atoms with Crippen LogP contribution in [-0.4, -0.2) is 30.0 Å². The molecule has 0 heterocycles. The van der Waals surface area contributed by atoms with E-state index >= 15 is 0 Å². The lowest BCUT2D eigenvalue weighted by Gasteiger charge is -2.16. The minimum atomic E-state index is 0.282. The van der Waals surface area contributed by atoms with Gasteiger partial charge in [0, 0.05) is 20.0 Å². The van der Waals surface area contributed by atoms with E-state index in [0.717, 1.165) is 0 Å². The molecule has 3 nitrogen and oxygen atoms in total. The van der Waals surface area contributed by atoms with E-state index in [1.165, 1.54) is 0 Å². The highest BCUT2D eigenvalue weighted by Gasteiger charge is 2.06. The summed E-state index contributed by atoms with van der Waals surface area (Å²) < 4.78 is 0. The second-order valence-electron chi connectivity index (χ2n) is 2.51. The largest absolute Gasteiger partial charge is 0.409 e. The van der Waals surface area contributed by atoms with Crippen LogP contribution in [0.1, 0.15) is 13.8 Å². The minimum absolute atomic E-state index is 0.282. The molecule has 54 valence electrons. The summed E-state index contributed by atoms with van der Waals surface area (Å²) in [6, 6.07) is 0. The van der Waals surface area contributed by atoms with Gasteiger partial charge in [0.2, 0.25) is 0 Å². The van der Waals surface area contributed by atoms with Crippen molar-refractivity contribution >= 4 is 5.84 Å². The van der Waals surface area contributed by atoms with Gasteiger partial charge in [-0.05, 0) is 0 Å². The molecular formula is C6H14N2O. The lowest BCUT2D eigenvalue weighted by atomic mass is 10.2. The molecule has 0 amide bonds. The Morgan fingerprint density at radius 1 is 1.44 bits per heavy atom. The molecule has 9 heavy (non-hydrogen) atoms. The number of hydrogen-bond acceptors (Lipinski definition) is 2. The molecule has 0 rings (SSSR count). The number of hydrogen-bond donors (Lipinski definition) is 1. The van der Waals surface area contributed by atoms with Gasteiger partial charge in [-0.25, -0.2) is 0 Å². The third kappa shape index (κ3) is 2.35. The number of nitrogens with zero attached hydrogens (tertiary/aromatic N) is 2. The van der Waals surface area contributed by atoms with Crippen molar-refractivity contribution in [2.45, 2.75) is 13.8 Å². The van der Waals surface area contributed by atoms with E-state index in [9.17, 15) is 0 Å². The maximum Gasteiger partial charge on any atom is 0.146 e. The molecule has 0 saturated heterocycles. The predicted molar refractivity (Wildman–Crippen MR) is 37.7 cm³/mol. The third-order valence-electron chi connectivity index (χ3n) is 1.08. The molecule has 0 aliphatic heterocycles. The van der Waals surface area contributed by atoms with E-state index in [1.54, 1.807) is 4.90 Å². The molecule has 1 N–H and O–H groups in total. The van der Waals surface area contributed by atoms with Gasteiger partial charge < -0.3 is 10.1 Å². The molecule has 0 bridgehead atoms. The summed E-state index contributed by atoms with van der Waals surface area (Å²) >= 11 is 0. The summed E-state index contributed by atoms with van der Waals surface area (Å²) in [6.07, 6.45) is 0. The van der Waals surface area contributed by atoms with Gasteiger partial charge in [-0.1, -0.05) is 19.0 Å². The molecule has 0 aromatic heterocycles. The Kier molecular flexibility index (Phi) is 3.06. The van der Waals surface area contributed by atoms with Crippen molar-refractivity contribution in [3.8, 4) is 0 Å². The van der Waals surface area contributed by atoms with Crippen molar-refractivity contribution in [2.75, 3.05) is 14.1 Å². The van der Waals surface area contributed by atoms with Gasteiger partial charge in [0.1, 0.15) is 5.84 Å². The van der Waals surface area contributed by atoms with Crippen molar-refractivity contribution in [1.29, 1.82) is 0 Å². The third-order valence-corrected chi connectivity index (χ3v) is 1.08. The molecule has 0 fully saturated rings. The van der Waals surface area contributed by atoms with Crippen LogP contribution in [0.5, 0.6) is 0 Å². The van der Waals surface area contributed by atoms with Crippen molar-refractivity contribution in [2.24, 2.45) is 11.1 Å². The zero-order valence-corrected chi connectivity index (χ0v) is 6.42. The Morgan fingerprint density at radius 3 is 1.89 bits per heavy atom. The molecule has 0 saturated carbocycles. The predicted octanol–water partition coefficient (Wildman–Crippen LogP) is 0.992. The molecule has 0 aromatic rings. The first kappa shape index (κ1) is 8.27. The van der Waals surface area contributed by atoms with E-state index in [-0.39, 0.29) is 5.92 Å². The van der Waals surface area contributed by atoms with E-state index in [2.05, 4.69) is 5.16 Å². The van der Waals surface area contributed by atoms with E-state index in [0.29, 0.717) is 5.84 Å². The number of rotatable bonds is 1. The zero-order valence-electron chi connectivity index (χ0n) is 6.42. The zero-order chi connectivity index (χ0) is 7.44. The fraction of sp³-hybridized carbons (Fsp3) is 0.833. The van der Waals surface area contributed by atoms with Crippen LogP contribution >= 0.6 is 0 Å². The second kappa shape index (κ2) is 3.33. The molecule has 3 heteroatoms. The van der Waals surface area contributed by atoms with Crippen LogP contribution < -0.4 is 0 Å². The van der Waals surface area contributed by atoms with Gasteiger partial charge in [0.25, 0.3) is 0 Å². The first-order chi connectivity index (χ1) is 4.09. The monoisotopic (exact) mass is 130 g/mol. The molecule has 0 aromatic carbocycles. The molecular weight excluding hydrogens is 116 g/mol. The molecule has 0 unspecified atom stereocenters. The summed E-state index contributed by atoms with van der Waals surface area (Å²) in [4.78, 5) is 1.80. The SMILES string of the molecule is CC(C)/C(=N/O)N(C)C. The average molecular weight is 130 g/mol. The summed E-state index contributed by atoms with van der Waals surface area (Å²) in [5.41, 5.74) is 0. The fourth-order valence-corrected chi connectivity index (χ4v) is 0.721. The van der Waals surface area contributed by atoms with Crippen LogP contribution in [0.3, 0.4) is 0 Å². The Morgan fingerprint density at radius 2 is 1.89 bits per heavy atom. The van der Waals surface area contributed by atoms with Gasteiger partial charge in [-0.3, -0.25) is 0 Å². The molecule has 0 radical (unpaired) electrons. The second-order valence-corrected chi connectivity index (χ2v) is 2.51. The first-order valence-corrected chi connectivity index (χ1v) is 2.99. The van der Waals surface area contributed by atoms with Gasteiger partial charge in [-0.15, -0.1) is 0 Å². The van der Waals surface area contributed by atoms with Crippen molar-refractivity contribution < 1.29 is 5.21 Å². The Bertz CT molecular complexity index is 97.6. The van der Waals surface area contributed by atoms with Crippen LogP contribution in [0.25, 0.3) is 0 Å². The molecule has 0 spiro atoms. The van der Waals surface area contributed by atoms with Gasteiger partial charge in [0.05, 0.1) is 0 Å². The lowest BCUT2D eigenvalue weighted by molar-refractivity contribution is 0.304. The van der Waals surface area contributed by atoms with Crippen LogP contribution in [0.15, 0.2) is 5.16 Å². The summed E-state index contributed by atoms with van der Waals surface area (Å²) in [5, 5.41) is 11.5. The molecule has 0 aliphatic carbocycles. The lowest BCUT2D eigenvalue weighted by Crippen LogP contribution is -2.26. The summed E-state index contributed by atoms with van der Waals surface area (Å²) in [6.45, 7) is 3.96. The number of oxime groups is 1. The highest BCUT2D eigenvalue weighted by atomic mass is 16.4. The molecule has 0 aliphatic rings. The van der Waals surface area contributed by atoms with E-state index in [4.69, 9.17) is 5.21 Å². The van der Waals surface area contributed by atoms with Crippen LogP contribution in [0.2, 0.25) is 0 Å². The van der Waals surface area contributed by atoms with E-state index in [1.807, 2.05) is 27.9 Å². The first-order valence-electron chi connectivity index (χ1n) is 2.99. The maximum atomic E-state index is 8.41. The Balaban J connectivity index is 4.01. The normalized spacial score (nSPS) is 12.3. The van der Waals surface area contributed by atoms with E-state index < -0.39 is 0 Å². The quantitative estimate of drug-likeness (QED) is 0.249. The maximum absolute atomic E-state index is 8.41. The smallest absolute Gasteiger partial charge is 0.146 e. The Labute approximate surface area is 56.0 Å². The Hall–Kier alpha value is -0.730. The molecule has 0 atom stereocenters. The summed E-state index contributed by atoms with van der Waals surface area (Å²) in [7, 11) is 3.71. The van der Waals surface area contributed by atoms with Crippen LogP contribution in [-0.2, 0) is 0 Å². The van der Waals surface area contributed by atoms with Crippen molar-refractivity contribution in [3.05, 3.63) is 0 Å². The van der Waals surface area contributed by atoms with Crippen molar-refractivity contribution in [1.82, 2.24) is 4.90 Å². The average Bonchev–Trinajstić information content (AvgIpc) is 1.64.